The molecule has 0 amide bonds. The molecule has 0 unspecified atom stereocenters. The number of benzene rings is 4. The van der Waals surface area contributed by atoms with Gasteiger partial charge < -0.3 is 37.7 Å². The summed E-state index contributed by atoms with van der Waals surface area (Å²) in [6.45, 7) is 25.5. The highest BCUT2D eigenvalue weighted by molar-refractivity contribution is 7.88. The van der Waals surface area contributed by atoms with E-state index < -0.39 is 32.6 Å². The van der Waals surface area contributed by atoms with Crippen molar-refractivity contribution in [3.05, 3.63) is 117 Å². The Morgan fingerprint density at radius 3 is 1.22 bits per heavy atom. The van der Waals surface area contributed by atoms with Gasteiger partial charge in [0.25, 0.3) is 0 Å². The maximum atomic E-state index is 12.8. The maximum absolute atomic E-state index is 12.8. The highest BCUT2D eigenvalue weighted by Gasteiger charge is 2.49. The number of alkyl halides is 3. The molecule has 2 aliphatic heterocycles. The molecule has 358 valence electrons. The molecule has 10 nitrogen and oxygen atoms in total. The molecule has 2 aliphatic rings. The van der Waals surface area contributed by atoms with Crippen LogP contribution in [0.2, 0.25) is 0 Å². The molecule has 65 heavy (non-hydrogen) atoms. The van der Waals surface area contributed by atoms with Crippen LogP contribution in [0.5, 0.6) is 23.0 Å². The Labute approximate surface area is 383 Å². The zero-order chi connectivity index (χ0) is 48.2. The molecule has 0 aliphatic carbocycles. The van der Waals surface area contributed by atoms with Crippen LogP contribution in [-0.4, -0.2) is 69.2 Å². The summed E-state index contributed by atoms with van der Waals surface area (Å²) in [5.41, 5.74) is 1.62. The van der Waals surface area contributed by atoms with Gasteiger partial charge in [0.05, 0.1) is 13.2 Å². The molecule has 4 aromatic rings. The van der Waals surface area contributed by atoms with Gasteiger partial charge in [-0.1, -0.05) is 76.2 Å². The fourth-order valence-electron chi connectivity index (χ4n) is 8.90. The van der Waals surface area contributed by atoms with E-state index in [1.54, 1.807) is 18.2 Å². The van der Waals surface area contributed by atoms with Crippen LogP contribution in [0, 0.1) is 27.7 Å². The zero-order valence-corrected chi connectivity index (χ0v) is 40.7. The van der Waals surface area contributed by atoms with Crippen molar-refractivity contribution in [2.45, 2.75) is 149 Å². The predicted octanol–water partition coefficient (Wildman–Crippen LogP) is 11.8. The fraction of sp³-hybridized carbons (Fsp3) is 0.529. The smallest absolute Gasteiger partial charge is 0.508 e. The second-order valence-corrected chi connectivity index (χ2v) is 19.6. The molecule has 0 bridgehead atoms. The van der Waals surface area contributed by atoms with Crippen molar-refractivity contribution < 1.29 is 59.3 Å². The van der Waals surface area contributed by atoms with Gasteiger partial charge >= 0.3 is 15.6 Å². The van der Waals surface area contributed by atoms with E-state index in [1.807, 2.05) is 79.7 Å². The normalized spacial score (nSPS) is 18.5. The first-order valence-electron chi connectivity index (χ1n) is 22.4. The summed E-state index contributed by atoms with van der Waals surface area (Å²) in [7, 11) is -5.74. The van der Waals surface area contributed by atoms with Crippen molar-refractivity contribution in [1.82, 2.24) is 0 Å². The standard InChI is InChI=1S/C26H33F3O6S.C25H34O4/c1-7-25(8-2,20-10-12-23(18(4)14-20)35-36(30,31)26(27,28)29)19-9-11-22(17(3)13-19)32-15-21-16-33-24(5,6)34-21;1-7-25(8-2,19-9-11-22(26)17(3)13-19)20-10-12-23(18(4)14-20)27-15-21-16-28-24(5,6)29-21/h9-14,21H,7-8,15-16H2,1-6H3;9-14,21,26H,7-8,15-16H2,1-6H3/t2*21-/m11/s1. The zero-order valence-electron chi connectivity index (χ0n) is 39.9. The molecule has 2 saturated heterocycles. The highest BCUT2D eigenvalue weighted by atomic mass is 32.2. The van der Waals surface area contributed by atoms with Crippen LogP contribution in [-0.2, 0) is 39.9 Å². The molecule has 0 radical (unpaired) electrons. The van der Waals surface area contributed by atoms with Crippen molar-refractivity contribution in [3.8, 4) is 23.0 Å². The second-order valence-electron chi connectivity index (χ2n) is 18.0. The quantitative estimate of drug-likeness (QED) is 0.0859. The fourth-order valence-corrected chi connectivity index (χ4v) is 9.42. The van der Waals surface area contributed by atoms with Crippen molar-refractivity contribution in [3.63, 3.8) is 0 Å². The minimum Gasteiger partial charge on any atom is -0.508 e. The second kappa shape index (κ2) is 20.3. The molecule has 14 heteroatoms. The van der Waals surface area contributed by atoms with E-state index in [1.165, 1.54) is 24.1 Å². The Kier molecular flexibility index (Phi) is 16.1. The van der Waals surface area contributed by atoms with E-state index in [9.17, 15) is 26.7 Å². The number of hydrogen-bond donors (Lipinski definition) is 1. The number of rotatable bonds is 16. The van der Waals surface area contributed by atoms with Gasteiger partial charge in [-0.05, 0) is 150 Å². The topological polar surface area (TPSA) is 119 Å². The van der Waals surface area contributed by atoms with E-state index in [0.29, 0.717) is 50.6 Å². The molecule has 4 aromatic carbocycles. The third-order valence-electron chi connectivity index (χ3n) is 12.8. The first-order chi connectivity index (χ1) is 30.3. The summed E-state index contributed by atoms with van der Waals surface area (Å²) in [5.74, 6) is 0.450. The lowest BCUT2D eigenvalue weighted by atomic mass is 9.70. The Bertz CT molecular complexity index is 2370. The van der Waals surface area contributed by atoms with Gasteiger partial charge in [-0.2, -0.15) is 21.6 Å². The summed E-state index contributed by atoms with van der Waals surface area (Å²) in [4.78, 5) is 0. The summed E-state index contributed by atoms with van der Waals surface area (Å²) < 4.78 is 100. The molecule has 2 atom stereocenters. The van der Waals surface area contributed by atoms with Crippen molar-refractivity contribution in [2.24, 2.45) is 0 Å². The highest BCUT2D eigenvalue weighted by Crippen LogP contribution is 2.44. The minimum atomic E-state index is -5.74. The molecule has 2 heterocycles. The summed E-state index contributed by atoms with van der Waals surface area (Å²) in [6.07, 6.45) is 3.19. The summed E-state index contributed by atoms with van der Waals surface area (Å²) in [6, 6.07) is 23.0. The summed E-state index contributed by atoms with van der Waals surface area (Å²) in [5, 5.41) is 9.95. The van der Waals surface area contributed by atoms with Crippen LogP contribution in [0.1, 0.15) is 126 Å². The van der Waals surface area contributed by atoms with Crippen LogP contribution in [0.4, 0.5) is 13.2 Å². The molecule has 2 fully saturated rings. The number of aromatic hydroxyl groups is 1. The SMILES string of the molecule is CCC(CC)(c1ccc(O)c(C)c1)c1ccc(OC[C@@H]2COC(C)(C)O2)c(C)c1.CCC(CC)(c1ccc(OC[C@@H]2COC(C)(C)O2)c(C)c1)c1ccc(OS(=O)(=O)C(F)(F)F)c(C)c1. The number of phenols is 1. The first-order valence-corrected chi connectivity index (χ1v) is 23.8. The Morgan fingerprint density at radius 2 is 0.923 bits per heavy atom. The largest absolute Gasteiger partial charge is 0.534 e. The van der Waals surface area contributed by atoms with Crippen LogP contribution < -0.4 is 13.7 Å². The van der Waals surface area contributed by atoms with Crippen molar-refractivity contribution in [1.29, 1.82) is 0 Å². The molecule has 0 saturated carbocycles. The molecule has 1 N–H and O–H groups in total. The number of halogens is 3. The van der Waals surface area contributed by atoms with Crippen LogP contribution in [0.25, 0.3) is 0 Å². The Hall–Kier alpha value is -4.34. The van der Waals surface area contributed by atoms with Gasteiger partial charge in [0.1, 0.15) is 48.4 Å². The predicted molar refractivity (Wildman–Crippen MR) is 246 cm³/mol. The van der Waals surface area contributed by atoms with E-state index in [4.69, 9.17) is 28.4 Å². The van der Waals surface area contributed by atoms with Gasteiger partial charge in [-0.15, -0.1) is 0 Å². The Morgan fingerprint density at radius 1 is 0.585 bits per heavy atom. The van der Waals surface area contributed by atoms with Gasteiger partial charge in [0.15, 0.2) is 11.6 Å². The first kappa shape index (κ1) is 51.6. The van der Waals surface area contributed by atoms with E-state index >= 15 is 0 Å². The number of hydrogen-bond acceptors (Lipinski definition) is 10. The van der Waals surface area contributed by atoms with Crippen molar-refractivity contribution >= 4 is 10.1 Å². The average Bonchev–Trinajstić information content (AvgIpc) is 3.79. The number of phenolic OH excluding ortho intramolecular Hbond substituents is 1. The summed E-state index contributed by atoms with van der Waals surface area (Å²) >= 11 is 0. The van der Waals surface area contributed by atoms with Gasteiger partial charge in [-0.3, -0.25) is 0 Å². The van der Waals surface area contributed by atoms with E-state index in [0.717, 1.165) is 52.2 Å². The van der Waals surface area contributed by atoms with Crippen LogP contribution >= 0.6 is 0 Å². The third-order valence-corrected chi connectivity index (χ3v) is 13.8. The van der Waals surface area contributed by atoms with Crippen molar-refractivity contribution in [2.75, 3.05) is 26.4 Å². The third kappa shape index (κ3) is 11.8. The molecule has 0 aromatic heterocycles. The Balaban J connectivity index is 0.000000250. The van der Waals surface area contributed by atoms with E-state index in [2.05, 4.69) is 49.2 Å². The minimum absolute atomic E-state index is 0.0468. The van der Waals surface area contributed by atoms with Crippen LogP contribution in [0.3, 0.4) is 0 Å². The lowest BCUT2D eigenvalue weighted by molar-refractivity contribution is -0.141. The van der Waals surface area contributed by atoms with Gasteiger partial charge in [-0.25, -0.2) is 0 Å². The molecular weight excluding hydrogens is 862 g/mol. The maximum Gasteiger partial charge on any atom is 0.534 e. The van der Waals surface area contributed by atoms with E-state index in [-0.39, 0.29) is 23.4 Å². The molecule has 6 rings (SSSR count). The monoisotopic (exact) mass is 928 g/mol. The molecule has 0 spiro atoms. The average molecular weight is 929 g/mol. The lowest BCUT2D eigenvalue weighted by Crippen LogP contribution is -2.29. The number of aryl methyl sites for hydroxylation is 4. The number of ether oxygens (including phenoxy) is 6. The lowest BCUT2D eigenvalue weighted by Gasteiger charge is -2.34. The molecular formula is C51H67F3O10S. The van der Waals surface area contributed by atoms with Gasteiger partial charge in [0, 0.05) is 10.8 Å². The van der Waals surface area contributed by atoms with Gasteiger partial charge in [0.2, 0.25) is 0 Å². The van der Waals surface area contributed by atoms with Crippen LogP contribution in [0.15, 0.2) is 72.8 Å².